The zero-order valence-electron chi connectivity index (χ0n) is 26.1. The van der Waals surface area contributed by atoms with Gasteiger partial charge in [0.2, 0.25) is 15.9 Å². The monoisotopic (exact) mass is 663 g/mol. The zero-order valence-corrected chi connectivity index (χ0v) is 27.0. The Kier molecular flexibility index (Phi) is 8.64. The van der Waals surface area contributed by atoms with E-state index >= 15 is 0 Å². The molecule has 2 amide bonds. The van der Waals surface area contributed by atoms with Gasteiger partial charge in [0, 0.05) is 47.7 Å². The Hall–Kier alpha value is -4.58. The van der Waals surface area contributed by atoms with E-state index in [1.165, 1.54) is 30.3 Å². The van der Waals surface area contributed by atoms with Crippen molar-refractivity contribution in [1.82, 2.24) is 10.2 Å². The molecule has 3 aromatic carbocycles. The maximum Gasteiger partial charge on any atom is 0.254 e. The molecule has 246 valence electrons. The van der Waals surface area contributed by atoms with Crippen molar-refractivity contribution in [3.8, 4) is 22.5 Å². The van der Waals surface area contributed by atoms with Crippen LogP contribution in [0.2, 0.25) is 0 Å². The quantitative estimate of drug-likeness (QED) is 0.216. The number of ketones is 1. The minimum atomic E-state index is -4.00. The van der Waals surface area contributed by atoms with Crippen LogP contribution >= 0.6 is 0 Å². The average molecular weight is 664 g/mol. The van der Waals surface area contributed by atoms with Crippen LogP contribution in [0.25, 0.3) is 33.4 Å². The van der Waals surface area contributed by atoms with Crippen LogP contribution in [0.3, 0.4) is 0 Å². The first-order chi connectivity index (χ1) is 22.5. The van der Waals surface area contributed by atoms with Gasteiger partial charge in [-0.2, -0.15) is 0 Å². The number of carbonyl (C=O) groups excluding carboxylic acids is 3. The summed E-state index contributed by atoms with van der Waals surface area (Å²) in [5.74, 6) is -0.997. The van der Waals surface area contributed by atoms with E-state index in [-0.39, 0.29) is 46.6 Å². The number of nitrogens with one attached hydrogen (secondary N) is 1. The number of anilines is 1. The molecular formula is C35H35F2N3O6S. The van der Waals surface area contributed by atoms with Crippen molar-refractivity contribution in [1.29, 1.82) is 0 Å². The molecule has 0 unspecified atom stereocenters. The summed E-state index contributed by atoms with van der Waals surface area (Å²) < 4.78 is 60.8. The number of piperazine rings is 1. The van der Waals surface area contributed by atoms with E-state index in [2.05, 4.69) is 5.32 Å². The van der Waals surface area contributed by atoms with E-state index < -0.39 is 34.6 Å². The number of carbonyl (C=O) groups is 3. The lowest BCUT2D eigenvalue weighted by Gasteiger charge is -2.43. The summed E-state index contributed by atoms with van der Waals surface area (Å²) in [6.07, 6.45) is 3.91. The number of rotatable bonds is 9. The molecule has 1 saturated heterocycles. The highest BCUT2D eigenvalue weighted by molar-refractivity contribution is 7.92. The Bertz CT molecular complexity index is 1980. The fraction of sp³-hybridized carbons (Fsp3) is 0.343. The molecule has 1 aliphatic carbocycles. The van der Waals surface area contributed by atoms with Crippen LogP contribution in [0, 0.1) is 5.82 Å². The van der Waals surface area contributed by atoms with Gasteiger partial charge in [-0.05, 0) is 60.9 Å². The van der Waals surface area contributed by atoms with Gasteiger partial charge in [-0.1, -0.05) is 31.9 Å². The first-order valence-corrected chi connectivity index (χ1v) is 17.5. The van der Waals surface area contributed by atoms with E-state index in [0.717, 1.165) is 23.4 Å². The lowest BCUT2D eigenvalue weighted by Crippen LogP contribution is -2.65. The Balaban J connectivity index is 1.56. The minimum absolute atomic E-state index is 0.0989. The number of hydrogen-bond donors (Lipinski definition) is 1. The molecule has 6 rings (SSSR count). The summed E-state index contributed by atoms with van der Waals surface area (Å²) in [7, 11) is -4.00. The molecule has 0 bridgehead atoms. The minimum Gasteiger partial charge on any atom is -0.455 e. The topological polar surface area (TPSA) is 117 Å². The van der Waals surface area contributed by atoms with Crippen molar-refractivity contribution < 1.29 is 36.0 Å². The fourth-order valence-corrected chi connectivity index (χ4v) is 7.79. The number of amides is 2. The first kappa shape index (κ1) is 32.4. The highest BCUT2D eigenvalue weighted by Crippen LogP contribution is 2.43. The predicted molar refractivity (Wildman–Crippen MR) is 175 cm³/mol. The van der Waals surface area contributed by atoms with Gasteiger partial charge in [-0.25, -0.2) is 17.2 Å². The van der Waals surface area contributed by atoms with Gasteiger partial charge in [0.1, 0.15) is 29.4 Å². The van der Waals surface area contributed by atoms with Gasteiger partial charge < -0.3 is 14.6 Å². The van der Waals surface area contributed by atoms with Gasteiger partial charge in [0.05, 0.1) is 24.1 Å². The average Bonchev–Trinajstić information content (AvgIpc) is 3.69. The second kappa shape index (κ2) is 12.6. The van der Waals surface area contributed by atoms with E-state index in [4.69, 9.17) is 4.42 Å². The molecule has 9 nitrogen and oxygen atoms in total. The molecular weight excluding hydrogens is 628 g/mol. The summed E-state index contributed by atoms with van der Waals surface area (Å²) >= 11 is 0. The number of furan rings is 1. The summed E-state index contributed by atoms with van der Waals surface area (Å²) in [4.78, 5) is 42.1. The number of Topliss-reactive ketones (excluding diaryl/α,β-unsaturated/α-hetero) is 1. The Morgan fingerprint density at radius 3 is 2.43 bits per heavy atom. The van der Waals surface area contributed by atoms with Crippen molar-refractivity contribution >= 4 is 44.3 Å². The van der Waals surface area contributed by atoms with Gasteiger partial charge in [-0.15, -0.1) is 0 Å². The summed E-state index contributed by atoms with van der Waals surface area (Å²) in [6.45, 7) is 0.942. The second-order valence-electron chi connectivity index (χ2n) is 12.0. The Labute approximate surface area is 271 Å². The highest BCUT2D eigenvalue weighted by Gasteiger charge is 2.50. The fourth-order valence-electron chi connectivity index (χ4n) is 6.88. The lowest BCUT2D eigenvalue weighted by molar-refractivity contribution is -0.134. The van der Waals surface area contributed by atoms with Gasteiger partial charge in [0.15, 0.2) is 5.78 Å². The number of halogens is 2. The van der Waals surface area contributed by atoms with E-state index in [0.29, 0.717) is 53.6 Å². The van der Waals surface area contributed by atoms with Gasteiger partial charge in [0.25, 0.3) is 5.91 Å². The molecule has 1 N–H and O–H groups in total. The second-order valence-corrected chi connectivity index (χ2v) is 13.9. The molecule has 1 aliphatic heterocycles. The molecule has 2 aliphatic rings. The number of nitrogens with zero attached hydrogens (tertiary/aromatic N) is 2. The zero-order chi connectivity index (χ0) is 33.5. The molecule has 0 radical (unpaired) electrons. The SMILES string of the molecule is CCC(=O)c1c(-c2ccc(F)cc2)oc2cc(N(CCF)S(C)(=O)=O)c(-c3cccc(C(=O)N4CCNC(=O)C45CCCC5)c3)cc12. The van der Waals surface area contributed by atoms with E-state index in [1.807, 2.05) is 0 Å². The van der Waals surface area contributed by atoms with Crippen LogP contribution in [0.1, 0.15) is 59.7 Å². The Morgan fingerprint density at radius 2 is 1.77 bits per heavy atom. The smallest absolute Gasteiger partial charge is 0.254 e. The van der Waals surface area contributed by atoms with Crippen molar-refractivity contribution in [2.75, 3.05) is 36.9 Å². The van der Waals surface area contributed by atoms with E-state index in [9.17, 15) is 31.6 Å². The van der Waals surface area contributed by atoms with Crippen molar-refractivity contribution in [2.24, 2.45) is 0 Å². The number of alkyl halides is 1. The third-order valence-electron chi connectivity index (χ3n) is 9.13. The molecule has 47 heavy (non-hydrogen) atoms. The van der Waals surface area contributed by atoms with Crippen LogP contribution in [0.5, 0.6) is 0 Å². The summed E-state index contributed by atoms with van der Waals surface area (Å²) in [5, 5.41) is 3.29. The highest BCUT2D eigenvalue weighted by atomic mass is 32.2. The van der Waals surface area contributed by atoms with E-state index in [1.54, 1.807) is 42.2 Å². The largest absolute Gasteiger partial charge is 0.455 e. The molecule has 12 heteroatoms. The number of fused-ring (bicyclic) bond motifs is 1. The number of benzene rings is 3. The Morgan fingerprint density at radius 1 is 1.04 bits per heavy atom. The standard InChI is InChI=1S/C35H35F2N3O6S/c1-3-29(41)31-27-20-26(23-7-6-8-24(19-23)33(42)39-18-16-38-34(43)35(39)13-4-5-14-35)28(40(17-15-36)47(2,44)45)21-30(27)46-32(31)22-9-11-25(37)12-10-22/h6-12,19-21H,3-5,13-18H2,1-2H3,(H,38,43). The van der Waals surface area contributed by atoms with Crippen LogP contribution in [0.4, 0.5) is 14.5 Å². The summed E-state index contributed by atoms with van der Waals surface area (Å²) in [5.41, 5.74) is 1.14. The van der Waals surface area contributed by atoms with Crippen LogP contribution < -0.4 is 9.62 Å². The van der Waals surface area contributed by atoms with Gasteiger partial charge in [-0.3, -0.25) is 18.7 Å². The predicted octanol–water partition coefficient (Wildman–Crippen LogP) is 6.12. The van der Waals surface area contributed by atoms with Crippen molar-refractivity contribution in [2.45, 2.75) is 44.6 Å². The van der Waals surface area contributed by atoms with Crippen LogP contribution in [0.15, 0.2) is 65.1 Å². The van der Waals surface area contributed by atoms with Gasteiger partial charge >= 0.3 is 0 Å². The number of sulfonamides is 1. The van der Waals surface area contributed by atoms with Crippen LogP contribution in [-0.2, 0) is 14.8 Å². The summed E-state index contributed by atoms with van der Waals surface area (Å²) in [6, 6.07) is 15.2. The maximum absolute atomic E-state index is 14.1. The lowest BCUT2D eigenvalue weighted by atomic mass is 9.90. The van der Waals surface area contributed by atoms with Crippen LogP contribution in [-0.4, -0.2) is 69.0 Å². The molecule has 2 fully saturated rings. The van der Waals surface area contributed by atoms with Crippen molar-refractivity contribution in [3.63, 3.8) is 0 Å². The third-order valence-corrected chi connectivity index (χ3v) is 10.3. The third kappa shape index (κ3) is 5.79. The maximum atomic E-state index is 14.1. The molecule has 2 heterocycles. The molecule has 1 aromatic heterocycles. The van der Waals surface area contributed by atoms with Crippen molar-refractivity contribution in [3.05, 3.63) is 77.6 Å². The number of hydrogen-bond acceptors (Lipinski definition) is 6. The molecule has 4 aromatic rings. The molecule has 1 saturated carbocycles. The first-order valence-electron chi connectivity index (χ1n) is 15.6. The molecule has 1 spiro atoms. The molecule has 0 atom stereocenters. The normalized spacial score (nSPS) is 16.1.